The molecule has 0 saturated carbocycles. The first kappa shape index (κ1) is 12.7. The Morgan fingerprint density at radius 2 is 2.40 bits per heavy atom. The SMILES string of the molecule is COCC1=CCN(CCCC(C)N)CC1. The molecular weight excluding hydrogens is 188 g/mol. The van der Waals surface area contributed by atoms with E-state index in [1.54, 1.807) is 7.11 Å². The zero-order valence-electron chi connectivity index (χ0n) is 10.0. The van der Waals surface area contributed by atoms with Crippen molar-refractivity contribution in [1.29, 1.82) is 0 Å². The lowest BCUT2D eigenvalue weighted by atomic mass is 10.1. The summed E-state index contributed by atoms with van der Waals surface area (Å²) in [5.74, 6) is 0. The molecule has 0 aliphatic carbocycles. The second kappa shape index (κ2) is 6.99. The number of rotatable bonds is 6. The highest BCUT2D eigenvalue weighted by Crippen LogP contribution is 2.11. The Bertz CT molecular complexity index is 202. The Hall–Kier alpha value is -0.380. The zero-order chi connectivity index (χ0) is 11.1. The van der Waals surface area contributed by atoms with Crippen LogP contribution in [0.15, 0.2) is 11.6 Å². The van der Waals surface area contributed by atoms with E-state index in [1.807, 2.05) is 0 Å². The zero-order valence-corrected chi connectivity index (χ0v) is 10.0. The van der Waals surface area contributed by atoms with Crippen molar-refractivity contribution in [2.45, 2.75) is 32.2 Å². The molecule has 0 spiro atoms. The maximum atomic E-state index is 5.72. The van der Waals surface area contributed by atoms with E-state index in [-0.39, 0.29) is 0 Å². The summed E-state index contributed by atoms with van der Waals surface area (Å²) in [5.41, 5.74) is 7.17. The second-order valence-electron chi connectivity index (χ2n) is 4.47. The molecule has 0 aromatic heterocycles. The van der Waals surface area contributed by atoms with Crippen molar-refractivity contribution < 1.29 is 4.74 Å². The summed E-state index contributed by atoms with van der Waals surface area (Å²) in [6.07, 6.45) is 5.81. The van der Waals surface area contributed by atoms with E-state index in [9.17, 15) is 0 Å². The van der Waals surface area contributed by atoms with Gasteiger partial charge in [0.1, 0.15) is 0 Å². The van der Waals surface area contributed by atoms with Gasteiger partial charge in [-0.3, -0.25) is 4.90 Å². The smallest absolute Gasteiger partial charge is 0.0673 e. The molecular formula is C12H24N2O. The van der Waals surface area contributed by atoms with Gasteiger partial charge >= 0.3 is 0 Å². The van der Waals surface area contributed by atoms with Crippen LogP contribution in [0.3, 0.4) is 0 Å². The highest BCUT2D eigenvalue weighted by molar-refractivity contribution is 5.07. The standard InChI is InChI=1S/C12H24N2O/c1-11(13)4-3-7-14-8-5-12(6-9-14)10-15-2/h5,11H,3-4,6-10,13H2,1-2H3. The predicted molar refractivity (Wildman–Crippen MR) is 63.9 cm³/mol. The molecule has 0 bridgehead atoms. The van der Waals surface area contributed by atoms with Crippen LogP contribution < -0.4 is 5.73 Å². The van der Waals surface area contributed by atoms with Crippen LogP contribution in [0.4, 0.5) is 0 Å². The fourth-order valence-electron chi connectivity index (χ4n) is 1.91. The largest absolute Gasteiger partial charge is 0.380 e. The first-order valence-electron chi connectivity index (χ1n) is 5.87. The van der Waals surface area contributed by atoms with Gasteiger partial charge in [-0.1, -0.05) is 6.08 Å². The van der Waals surface area contributed by atoms with Crippen molar-refractivity contribution in [2.24, 2.45) is 5.73 Å². The molecule has 88 valence electrons. The third-order valence-corrected chi connectivity index (χ3v) is 2.85. The molecule has 0 fully saturated rings. The maximum absolute atomic E-state index is 5.72. The van der Waals surface area contributed by atoms with Crippen LogP contribution in [0.5, 0.6) is 0 Å². The van der Waals surface area contributed by atoms with E-state index < -0.39 is 0 Å². The Kier molecular flexibility index (Phi) is 5.91. The van der Waals surface area contributed by atoms with E-state index in [1.165, 1.54) is 25.1 Å². The number of nitrogens with two attached hydrogens (primary N) is 1. The monoisotopic (exact) mass is 212 g/mol. The number of nitrogens with zero attached hydrogens (tertiary/aromatic N) is 1. The van der Waals surface area contributed by atoms with E-state index in [2.05, 4.69) is 17.9 Å². The summed E-state index contributed by atoms with van der Waals surface area (Å²) < 4.78 is 5.13. The molecule has 1 aliphatic heterocycles. The minimum absolute atomic E-state index is 0.342. The summed E-state index contributed by atoms with van der Waals surface area (Å²) in [6, 6.07) is 0.342. The fraction of sp³-hybridized carbons (Fsp3) is 0.833. The van der Waals surface area contributed by atoms with Crippen LogP contribution in [-0.4, -0.2) is 44.3 Å². The van der Waals surface area contributed by atoms with Crippen molar-refractivity contribution in [3.63, 3.8) is 0 Å². The van der Waals surface area contributed by atoms with E-state index in [0.29, 0.717) is 6.04 Å². The summed E-state index contributed by atoms with van der Waals surface area (Å²) in [4.78, 5) is 2.49. The summed E-state index contributed by atoms with van der Waals surface area (Å²) >= 11 is 0. The van der Waals surface area contributed by atoms with Crippen molar-refractivity contribution in [1.82, 2.24) is 4.90 Å². The summed E-state index contributed by atoms with van der Waals surface area (Å²) in [7, 11) is 1.76. The molecule has 1 rings (SSSR count). The van der Waals surface area contributed by atoms with Crippen LogP contribution in [0.2, 0.25) is 0 Å². The van der Waals surface area contributed by atoms with Gasteiger partial charge in [0.25, 0.3) is 0 Å². The number of hydrogen-bond acceptors (Lipinski definition) is 3. The van der Waals surface area contributed by atoms with Gasteiger partial charge in [0.05, 0.1) is 6.61 Å². The van der Waals surface area contributed by atoms with Gasteiger partial charge in [-0.15, -0.1) is 0 Å². The van der Waals surface area contributed by atoms with E-state index in [0.717, 1.165) is 26.0 Å². The molecule has 3 nitrogen and oxygen atoms in total. The van der Waals surface area contributed by atoms with Gasteiger partial charge in [0.15, 0.2) is 0 Å². The molecule has 3 heteroatoms. The lowest BCUT2D eigenvalue weighted by molar-refractivity contribution is 0.210. The van der Waals surface area contributed by atoms with Gasteiger partial charge < -0.3 is 10.5 Å². The summed E-state index contributed by atoms with van der Waals surface area (Å²) in [5, 5.41) is 0. The minimum Gasteiger partial charge on any atom is -0.380 e. The molecule has 0 radical (unpaired) electrons. The predicted octanol–water partition coefficient (Wildman–Crippen LogP) is 1.39. The topological polar surface area (TPSA) is 38.5 Å². The van der Waals surface area contributed by atoms with Crippen molar-refractivity contribution >= 4 is 0 Å². The van der Waals surface area contributed by atoms with Crippen molar-refractivity contribution in [3.05, 3.63) is 11.6 Å². The number of hydrogen-bond donors (Lipinski definition) is 1. The molecule has 0 aromatic carbocycles. The van der Waals surface area contributed by atoms with Crippen LogP contribution in [0.1, 0.15) is 26.2 Å². The third kappa shape index (κ3) is 5.30. The Morgan fingerprint density at radius 1 is 1.60 bits per heavy atom. The highest BCUT2D eigenvalue weighted by atomic mass is 16.5. The molecule has 0 aromatic rings. The average Bonchev–Trinajstić information content (AvgIpc) is 2.20. The lowest BCUT2D eigenvalue weighted by Crippen LogP contribution is -2.31. The Labute approximate surface area is 93.3 Å². The van der Waals surface area contributed by atoms with Gasteiger partial charge in [0.2, 0.25) is 0 Å². The van der Waals surface area contributed by atoms with Crippen LogP contribution in [0.25, 0.3) is 0 Å². The van der Waals surface area contributed by atoms with Gasteiger partial charge in [-0.05, 0) is 38.3 Å². The lowest BCUT2D eigenvalue weighted by Gasteiger charge is -2.26. The molecule has 1 atom stereocenters. The molecule has 1 heterocycles. The molecule has 15 heavy (non-hydrogen) atoms. The van der Waals surface area contributed by atoms with Crippen LogP contribution in [0, 0.1) is 0 Å². The minimum atomic E-state index is 0.342. The second-order valence-corrected chi connectivity index (χ2v) is 4.47. The van der Waals surface area contributed by atoms with E-state index >= 15 is 0 Å². The highest BCUT2D eigenvalue weighted by Gasteiger charge is 2.10. The molecule has 1 aliphatic rings. The molecule has 1 unspecified atom stereocenters. The Balaban J connectivity index is 2.14. The summed E-state index contributed by atoms with van der Waals surface area (Å²) in [6.45, 7) is 6.31. The van der Waals surface area contributed by atoms with Crippen LogP contribution >= 0.6 is 0 Å². The number of methoxy groups -OCH3 is 1. The van der Waals surface area contributed by atoms with Gasteiger partial charge in [-0.25, -0.2) is 0 Å². The molecule has 0 saturated heterocycles. The Morgan fingerprint density at radius 3 is 2.93 bits per heavy atom. The van der Waals surface area contributed by atoms with Gasteiger partial charge in [0, 0.05) is 26.2 Å². The first-order chi connectivity index (χ1) is 7.22. The maximum Gasteiger partial charge on any atom is 0.0673 e. The quantitative estimate of drug-likeness (QED) is 0.676. The molecule has 0 amide bonds. The van der Waals surface area contributed by atoms with Crippen molar-refractivity contribution in [3.8, 4) is 0 Å². The third-order valence-electron chi connectivity index (χ3n) is 2.85. The van der Waals surface area contributed by atoms with Crippen LogP contribution in [-0.2, 0) is 4.74 Å². The fourth-order valence-corrected chi connectivity index (χ4v) is 1.91. The number of ether oxygens (including phenoxy) is 1. The van der Waals surface area contributed by atoms with Crippen molar-refractivity contribution in [2.75, 3.05) is 33.4 Å². The van der Waals surface area contributed by atoms with E-state index in [4.69, 9.17) is 10.5 Å². The normalized spacial score (nSPS) is 20.1. The first-order valence-corrected chi connectivity index (χ1v) is 5.87. The molecule has 2 N–H and O–H groups in total. The average molecular weight is 212 g/mol. The van der Waals surface area contributed by atoms with Gasteiger partial charge in [-0.2, -0.15) is 0 Å².